The zero-order valence-electron chi connectivity index (χ0n) is 16.0. The molecule has 2 aliphatic heterocycles. The first kappa shape index (κ1) is 18.5. The summed E-state index contributed by atoms with van der Waals surface area (Å²) >= 11 is 0. The number of anilines is 1. The van der Waals surface area contributed by atoms with Crippen LogP contribution in [0.15, 0.2) is 24.3 Å². The second kappa shape index (κ2) is 7.12. The smallest absolute Gasteiger partial charge is 0.399 e. The van der Waals surface area contributed by atoms with Crippen LogP contribution in [0.5, 0.6) is 0 Å². The van der Waals surface area contributed by atoms with Crippen LogP contribution in [-0.2, 0) is 14.1 Å². The number of benzene rings is 1. The molecular formula is C20H30BNO3. The number of nitrogens with zero attached hydrogens (tertiary/aromatic N) is 1. The van der Waals surface area contributed by atoms with Crippen molar-refractivity contribution in [3.05, 3.63) is 24.3 Å². The Kier molecular flexibility index (Phi) is 5.26. The van der Waals surface area contributed by atoms with Crippen LogP contribution in [0.3, 0.4) is 0 Å². The lowest BCUT2D eigenvalue weighted by molar-refractivity contribution is -0.117. The maximum absolute atomic E-state index is 11.9. The Morgan fingerprint density at radius 1 is 0.960 bits per heavy atom. The molecule has 0 saturated carbocycles. The van der Waals surface area contributed by atoms with Gasteiger partial charge in [0, 0.05) is 18.7 Å². The minimum atomic E-state index is -0.330. The Balaban J connectivity index is 1.84. The van der Waals surface area contributed by atoms with E-state index in [0.29, 0.717) is 6.42 Å². The van der Waals surface area contributed by atoms with Gasteiger partial charge in [0.05, 0.1) is 11.2 Å². The SMILES string of the molecule is CCC1(CC)OB(c2ccc(N3CCCC3=O)cc2)OC1(CC)CC. The summed E-state index contributed by atoms with van der Waals surface area (Å²) in [5, 5.41) is 0. The van der Waals surface area contributed by atoms with Crippen molar-refractivity contribution in [2.75, 3.05) is 11.4 Å². The topological polar surface area (TPSA) is 38.8 Å². The first-order valence-corrected chi connectivity index (χ1v) is 9.80. The molecule has 0 radical (unpaired) electrons. The van der Waals surface area contributed by atoms with Gasteiger partial charge in [0.25, 0.3) is 0 Å². The number of hydrogen-bond donors (Lipinski definition) is 0. The number of carbonyl (C=O) groups is 1. The van der Waals surface area contributed by atoms with Crippen LogP contribution in [0.1, 0.15) is 66.2 Å². The van der Waals surface area contributed by atoms with E-state index in [0.717, 1.165) is 49.8 Å². The molecule has 0 spiro atoms. The lowest BCUT2D eigenvalue weighted by atomic mass is 9.75. The Labute approximate surface area is 152 Å². The van der Waals surface area contributed by atoms with Crippen LogP contribution in [0, 0.1) is 0 Å². The Morgan fingerprint density at radius 3 is 1.88 bits per heavy atom. The van der Waals surface area contributed by atoms with Gasteiger partial charge in [0.2, 0.25) is 5.91 Å². The van der Waals surface area contributed by atoms with Gasteiger partial charge in [0.1, 0.15) is 0 Å². The standard InChI is InChI=1S/C20H30BNO3/c1-5-19(6-2)20(7-3,8-4)25-21(24-19)16-11-13-17(14-12-16)22-15-9-10-18(22)23/h11-14H,5-10,15H2,1-4H3. The van der Waals surface area contributed by atoms with Crippen molar-refractivity contribution >= 4 is 24.2 Å². The fourth-order valence-electron chi connectivity index (χ4n) is 4.64. The molecule has 136 valence electrons. The van der Waals surface area contributed by atoms with E-state index >= 15 is 0 Å². The van der Waals surface area contributed by atoms with E-state index in [2.05, 4.69) is 27.7 Å². The van der Waals surface area contributed by atoms with Gasteiger partial charge in [-0.05, 0) is 49.7 Å². The van der Waals surface area contributed by atoms with Crippen molar-refractivity contribution in [1.82, 2.24) is 0 Å². The predicted octanol–water partition coefficient (Wildman–Crippen LogP) is 3.67. The minimum absolute atomic E-state index is 0.216. The Morgan fingerprint density at radius 2 is 1.48 bits per heavy atom. The normalized spacial score (nSPS) is 22.0. The monoisotopic (exact) mass is 343 g/mol. The van der Waals surface area contributed by atoms with E-state index < -0.39 is 0 Å². The number of amides is 1. The van der Waals surface area contributed by atoms with Crippen LogP contribution in [0.25, 0.3) is 0 Å². The average Bonchev–Trinajstić information content (AvgIpc) is 3.23. The molecule has 2 fully saturated rings. The van der Waals surface area contributed by atoms with Crippen molar-refractivity contribution in [1.29, 1.82) is 0 Å². The fourth-order valence-corrected chi connectivity index (χ4v) is 4.64. The summed E-state index contributed by atoms with van der Waals surface area (Å²) in [4.78, 5) is 13.8. The summed E-state index contributed by atoms with van der Waals surface area (Å²) < 4.78 is 13.0. The van der Waals surface area contributed by atoms with E-state index in [1.807, 2.05) is 29.2 Å². The van der Waals surface area contributed by atoms with Crippen LogP contribution in [-0.4, -0.2) is 30.8 Å². The summed E-state index contributed by atoms with van der Waals surface area (Å²) in [6, 6.07) is 8.12. The van der Waals surface area contributed by atoms with Crippen molar-refractivity contribution in [3.8, 4) is 0 Å². The first-order valence-electron chi connectivity index (χ1n) is 9.80. The molecule has 3 rings (SSSR count). The minimum Gasteiger partial charge on any atom is -0.399 e. The van der Waals surface area contributed by atoms with Crippen molar-refractivity contribution in [2.24, 2.45) is 0 Å². The highest BCUT2D eigenvalue weighted by Crippen LogP contribution is 2.46. The molecule has 25 heavy (non-hydrogen) atoms. The van der Waals surface area contributed by atoms with E-state index in [1.54, 1.807) is 0 Å². The molecule has 2 aliphatic rings. The van der Waals surface area contributed by atoms with Gasteiger partial charge in [-0.15, -0.1) is 0 Å². The fraction of sp³-hybridized carbons (Fsp3) is 0.650. The van der Waals surface area contributed by atoms with E-state index in [-0.39, 0.29) is 24.2 Å². The van der Waals surface area contributed by atoms with Gasteiger partial charge in [-0.2, -0.15) is 0 Å². The van der Waals surface area contributed by atoms with E-state index in [9.17, 15) is 4.79 Å². The van der Waals surface area contributed by atoms with E-state index in [4.69, 9.17) is 9.31 Å². The zero-order valence-corrected chi connectivity index (χ0v) is 16.0. The van der Waals surface area contributed by atoms with Gasteiger partial charge in [-0.3, -0.25) is 4.79 Å². The highest BCUT2D eigenvalue weighted by molar-refractivity contribution is 6.62. The highest BCUT2D eigenvalue weighted by atomic mass is 16.7. The largest absolute Gasteiger partial charge is 0.494 e. The molecular weight excluding hydrogens is 313 g/mol. The number of hydrogen-bond acceptors (Lipinski definition) is 3. The molecule has 0 aromatic heterocycles. The van der Waals surface area contributed by atoms with Gasteiger partial charge in [-0.25, -0.2) is 0 Å². The van der Waals surface area contributed by atoms with Crippen molar-refractivity contribution < 1.29 is 14.1 Å². The third-order valence-corrected chi connectivity index (χ3v) is 6.33. The van der Waals surface area contributed by atoms with Crippen LogP contribution in [0.4, 0.5) is 5.69 Å². The van der Waals surface area contributed by atoms with Crippen molar-refractivity contribution in [3.63, 3.8) is 0 Å². The maximum Gasteiger partial charge on any atom is 0.494 e. The maximum atomic E-state index is 11.9. The lowest BCUT2D eigenvalue weighted by Gasteiger charge is -2.42. The molecule has 1 aromatic carbocycles. The summed E-state index contributed by atoms with van der Waals surface area (Å²) in [6.45, 7) is 9.59. The third kappa shape index (κ3) is 2.91. The molecule has 5 heteroatoms. The summed E-state index contributed by atoms with van der Waals surface area (Å²) in [7, 11) is -0.330. The summed E-state index contributed by atoms with van der Waals surface area (Å²) in [5.41, 5.74) is 1.54. The lowest BCUT2D eigenvalue weighted by Crippen LogP contribution is -2.50. The van der Waals surface area contributed by atoms with Crippen molar-refractivity contribution in [2.45, 2.75) is 77.4 Å². The summed E-state index contributed by atoms with van der Waals surface area (Å²) in [6.07, 6.45) is 5.39. The molecule has 1 aromatic rings. The molecule has 0 atom stereocenters. The molecule has 1 amide bonds. The predicted molar refractivity (Wildman–Crippen MR) is 102 cm³/mol. The molecule has 2 heterocycles. The van der Waals surface area contributed by atoms with Gasteiger partial charge in [0.15, 0.2) is 0 Å². The Hall–Kier alpha value is -1.33. The zero-order chi connectivity index (χ0) is 18.1. The van der Waals surface area contributed by atoms with Crippen LogP contribution >= 0.6 is 0 Å². The number of carbonyl (C=O) groups excluding carboxylic acids is 1. The van der Waals surface area contributed by atoms with E-state index in [1.165, 1.54) is 0 Å². The highest BCUT2D eigenvalue weighted by Gasteiger charge is 2.58. The quantitative estimate of drug-likeness (QED) is 0.740. The summed E-state index contributed by atoms with van der Waals surface area (Å²) in [5.74, 6) is 0.216. The molecule has 0 N–H and O–H groups in total. The average molecular weight is 343 g/mol. The second-order valence-corrected chi connectivity index (χ2v) is 7.21. The van der Waals surface area contributed by atoms with Crippen LogP contribution in [0.2, 0.25) is 0 Å². The third-order valence-electron chi connectivity index (χ3n) is 6.33. The molecule has 0 unspecified atom stereocenters. The Bertz CT molecular complexity index is 588. The van der Waals surface area contributed by atoms with Gasteiger partial charge < -0.3 is 14.2 Å². The van der Waals surface area contributed by atoms with Gasteiger partial charge >= 0.3 is 7.12 Å². The number of rotatable bonds is 6. The molecule has 4 nitrogen and oxygen atoms in total. The van der Waals surface area contributed by atoms with Gasteiger partial charge in [-0.1, -0.05) is 39.8 Å². The molecule has 0 bridgehead atoms. The first-order chi connectivity index (χ1) is 12.0. The van der Waals surface area contributed by atoms with Crippen LogP contribution < -0.4 is 10.4 Å². The second-order valence-electron chi connectivity index (χ2n) is 7.21. The molecule has 0 aliphatic carbocycles. The molecule has 2 saturated heterocycles.